The van der Waals surface area contributed by atoms with Crippen molar-refractivity contribution < 1.29 is 22.7 Å². The Labute approximate surface area is 123 Å². The number of hydrogen-bond donors (Lipinski definition) is 2. The lowest BCUT2D eigenvalue weighted by Crippen LogP contribution is -2.34. The summed E-state index contributed by atoms with van der Waals surface area (Å²) in [5.74, 6) is -2.36. The molecule has 1 aliphatic rings. The predicted molar refractivity (Wildman–Crippen MR) is 75.1 cm³/mol. The summed E-state index contributed by atoms with van der Waals surface area (Å²) in [6, 6.07) is 2.57. The van der Waals surface area contributed by atoms with E-state index >= 15 is 0 Å². The molecule has 2 N–H and O–H groups in total. The minimum atomic E-state index is -3.98. The van der Waals surface area contributed by atoms with E-state index in [1.807, 2.05) is 0 Å². The second kappa shape index (κ2) is 5.38. The molecule has 21 heavy (non-hydrogen) atoms. The molecule has 0 spiro atoms. The first kappa shape index (κ1) is 15.9. The van der Waals surface area contributed by atoms with Crippen molar-refractivity contribution in [3.63, 3.8) is 0 Å². The van der Waals surface area contributed by atoms with Gasteiger partial charge in [0.1, 0.15) is 10.7 Å². The minimum absolute atomic E-state index is 0.0683. The average molecular weight is 315 g/mol. The fourth-order valence-electron chi connectivity index (χ4n) is 2.67. The van der Waals surface area contributed by atoms with Crippen LogP contribution in [0.5, 0.6) is 0 Å². The van der Waals surface area contributed by atoms with Crippen molar-refractivity contribution in [2.75, 3.05) is 0 Å². The molecule has 1 atom stereocenters. The fraction of sp³-hybridized carbons (Fsp3) is 0.500. The van der Waals surface area contributed by atoms with E-state index in [-0.39, 0.29) is 17.0 Å². The van der Waals surface area contributed by atoms with Crippen molar-refractivity contribution in [3.05, 3.63) is 29.6 Å². The lowest BCUT2D eigenvalue weighted by molar-refractivity contribution is 0.0696. The summed E-state index contributed by atoms with van der Waals surface area (Å²) in [5.41, 5.74) is -0.215. The Morgan fingerprint density at radius 3 is 2.57 bits per heavy atom. The minimum Gasteiger partial charge on any atom is -0.478 e. The van der Waals surface area contributed by atoms with Gasteiger partial charge in [-0.05, 0) is 42.9 Å². The highest BCUT2D eigenvalue weighted by Gasteiger charge is 2.34. The van der Waals surface area contributed by atoms with Crippen LogP contribution in [-0.4, -0.2) is 25.5 Å². The van der Waals surface area contributed by atoms with Crippen LogP contribution in [-0.2, 0) is 10.0 Å². The molecule has 1 aromatic carbocycles. The van der Waals surface area contributed by atoms with Crippen LogP contribution in [0.25, 0.3) is 0 Å². The van der Waals surface area contributed by atoms with E-state index in [2.05, 4.69) is 18.6 Å². The molecule has 2 rings (SSSR count). The molecular weight excluding hydrogens is 297 g/mol. The van der Waals surface area contributed by atoms with Crippen molar-refractivity contribution in [3.8, 4) is 0 Å². The van der Waals surface area contributed by atoms with Gasteiger partial charge in [-0.15, -0.1) is 0 Å². The molecule has 0 aromatic heterocycles. The Morgan fingerprint density at radius 1 is 1.43 bits per heavy atom. The van der Waals surface area contributed by atoms with Gasteiger partial charge < -0.3 is 5.11 Å². The Hall–Kier alpha value is -1.47. The Bertz CT molecular complexity index is 670. The molecule has 0 radical (unpaired) electrons. The monoisotopic (exact) mass is 315 g/mol. The first-order valence-corrected chi connectivity index (χ1v) is 8.14. The molecule has 5 nitrogen and oxygen atoms in total. The number of carboxylic acids is 1. The number of hydrogen-bond acceptors (Lipinski definition) is 3. The van der Waals surface area contributed by atoms with Crippen LogP contribution in [0, 0.1) is 11.2 Å². The zero-order chi connectivity index (χ0) is 15.8. The fourth-order valence-corrected chi connectivity index (χ4v) is 4.00. The van der Waals surface area contributed by atoms with Crippen LogP contribution in [0.3, 0.4) is 0 Å². The van der Waals surface area contributed by atoms with Crippen molar-refractivity contribution in [1.82, 2.24) is 4.72 Å². The van der Waals surface area contributed by atoms with E-state index in [1.54, 1.807) is 0 Å². The SMILES string of the molecule is CC1(C)CCC(NS(=O)(=O)c2ccc(C(=O)O)cc2F)C1. The van der Waals surface area contributed by atoms with Gasteiger partial charge in [0.2, 0.25) is 10.0 Å². The third-order valence-electron chi connectivity index (χ3n) is 3.76. The van der Waals surface area contributed by atoms with Gasteiger partial charge in [-0.25, -0.2) is 22.3 Å². The maximum Gasteiger partial charge on any atom is 0.335 e. The molecule has 0 heterocycles. The quantitative estimate of drug-likeness (QED) is 0.893. The van der Waals surface area contributed by atoms with E-state index in [0.29, 0.717) is 12.8 Å². The van der Waals surface area contributed by atoms with Gasteiger partial charge in [0, 0.05) is 6.04 Å². The van der Waals surface area contributed by atoms with Crippen LogP contribution in [0.4, 0.5) is 4.39 Å². The van der Waals surface area contributed by atoms with Crippen LogP contribution < -0.4 is 4.72 Å². The first-order valence-electron chi connectivity index (χ1n) is 6.66. The smallest absolute Gasteiger partial charge is 0.335 e. The van der Waals surface area contributed by atoms with Gasteiger partial charge in [-0.1, -0.05) is 13.8 Å². The lowest BCUT2D eigenvalue weighted by Gasteiger charge is -2.18. The molecular formula is C14H18FNO4S. The van der Waals surface area contributed by atoms with E-state index < -0.39 is 26.7 Å². The molecule has 1 unspecified atom stereocenters. The summed E-state index contributed by atoms with van der Waals surface area (Å²) in [4.78, 5) is 10.2. The molecule has 1 saturated carbocycles. The van der Waals surface area contributed by atoms with E-state index in [9.17, 15) is 17.6 Å². The molecule has 0 aliphatic heterocycles. The molecule has 1 aliphatic carbocycles. The zero-order valence-corrected chi connectivity index (χ0v) is 12.7. The van der Waals surface area contributed by atoms with E-state index in [0.717, 1.165) is 24.6 Å². The Balaban J connectivity index is 2.22. The highest BCUT2D eigenvalue weighted by molar-refractivity contribution is 7.89. The highest BCUT2D eigenvalue weighted by atomic mass is 32.2. The summed E-state index contributed by atoms with van der Waals surface area (Å²) in [6.45, 7) is 4.12. The molecule has 0 bridgehead atoms. The maximum atomic E-state index is 13.8. The number of aromatic carboxylic acids is 1. The van der Waals surface area contributed by atoms with Gasteiger partial charge in [0.25, 0.3) is 0 Å². The predicted octanol–water partition coefficient (Wildman–Crippen LogP) is 2.38. The lowest BCUT2D eigenvalue weighted by atomic mass is 9.92. The van der Waals surface area contributed by atoms with Crippen LogP contribution in [0.1, 0.15) is 43.5 Å². The number of nitrogens with one attached hydrogen (secondary N) is 1. The number of carboxylic acid groups (broad SMARTS) is 1. The number of rotatable bonds is 4. The van der Waals surface area contributed by atoms with Gasteiger partial charge in [0.05, 0.1) is 5.56 Å². The highest BCUT2D eigenvalue weighted by Crippen LogP contribution is 2.37. The van der Waals surface area contributed by atoms with Gasteiger partial charge in [-0.2, -0.15) is 0 Å². The average Bonchev–Trinajstić information content (AvgIpc) is 2.67. The van der Waals surface area contributed by atoms with Crippen LogP contribution in [0.15, 0.2) is 23.1 Å². The largest absolute Gasteiger partial charge is 0.478 e. The van der Waals surface area contributed by atoms with Crippen LogP contribution in [0.2, 0.25) is 0 Å². The number of benzene rings is 1. The van der Waals surface area contributed by atoms with Gasteiger partial charge in [-0.3, -0.25) is 0 Å². The van der Waals surface area contributed by atoms with Crippen molar-refractivity contribution in [2.24, 2.45) is 5.41 Å². The van der Waals surface area contributed by atoms with Crippen molar-refractivity contribution >= 4 is 16.0 Å². The van der Waals surface area contributed by atoms with Gasteiger partial charge in [0.15, 0.2) is 0 Å². The summed E-state index contributed by atoms with van der Waals surface area (Å²) >= 11 is 0. The summed E-state index contributed by atoms with van der Waals surface area (Å²) in [7, 11) is -3.98. The summed E-state index contributed by atoms with van der Waals surface area (Å²) in [5, 5.41) is 8.76. The van der Waals surface area contributed by atoms with Gasteiger partial charge >= 0.3 is 5.97 Å². The molecule has 0 amide bonds. The Morgan fingerprint density at radius 2 is 2.10 bits per heavy atom. The third kappa shape index (κ3) is 3.59. The molecule has 116 valence electrons. The topological polar surface area (TPSA) is 83.5 Å². The first-order chi connectivity index (χ1) is 9.61. The molecule has 1 aromatic rings. The van der Waals surface area contributed by atoms with E-state index in [4.69, 9.17) is 5.11 Å². The van der Waals surface area contributed by atoms with E-state index in [1.165, 1.54) is 0 Å². The van der Waals surface area contributed by atoms with Crippen molar-refractivity contribution in [2.45, 2.75) is 44.0 Å². The molecule has 7 heteroatoms. The zero-order valence-electron chi connectivity index (χ0n) is 11.9. The van der Waals surface area contributed by atoms with Crippen molar-refractivity contribution in [1.29, 1.82) is 0 Å². The van der Waals surface area contributed by atoms with Crippen LogP contribution >= 0.6 is 0 Å². The second-order valence-electron chi connectivity index (χ2n) is 6.18. The number of halogens is 1. The normalized spacial score (nSPS) is 21.4. The maximum absolute atomic E-state index is 13.8. The molecule has 0 saturated heterocycles. The summed E-state index contributed by atoms with van der Waals surface area (Å²) < 4.78 is 40.8. The Kier molecular flexibility index (Phi) is 4.08. The summed E-state index contributed by atoms with van der Waals surface area (Å²) in [6.07, 6.45) is 2.31. The molecule has 1 fully saturated rings. The third-order valence-corrected chi connectivity index (χ3v) is 5.31. The standard InChI is InChI=1S/C14H18FNO4S/c1-14(2)6-5-10(8-14)16-21(19,20)12-4-3-9(13(17)18)7-11(12)15/h3-4,7,10,16H,5-6,8H2,1-2H3,(H,17,18). The number of carbonyl (C=O) groups is 1. The number of sulfonamides is 1. The second-order valence-corrected chi connectivity index (χ2v) is 7.86.